The van der Waals surface area contributed by atoms with E-state index in [0.29, 0.717) is 11.4 Å². The minimum Gasteiger partial charge on any atom is -0.326 e. The highest BCUT2D eigenvalue weighted by Gasteiger charge is 2.27. The third-order valence-electron chi connectivity index (χ3n) is 3.99. The van der Waals surface area contributed by atoms with Crippen molar-refractivity contribution in [3.63, 3.8) is 0 Å². The molecule has 1 aliphatic rings. The number of nitrogens with zero attached hydrogens (tertiary/aromatic N) is 3. The Hall–Kier alpha value is -1.13. The van der Waals surface area contributed by atoms with Gasteiger partial charge in [0.1, 0.15) is 11.6 Å². The maximum Gasteiger partial charge on any atom is 0.125 e. The molecule has 5 heteroatoms. The van der Waals surface area contributed by atoms with Gasteiger partial charge in [-0.1, -0.05) is 6.92 Å². The van der Waals surface area contributed by atoms with Crippen molar-refractivity contribution >= 4 is 22.6 Å². The number of hydrogen-bond acceptors (Lipinski definition) is 2. The first-order valence-electron chi connectivity index (χ1n) is 7.17. The second-order valence-electron chi connectivity index (χ2n) is 5.31. The molecule has 0 saturated heterocycles. The Morgan fingerprint density at radius 3 is 2.90 bits per heavy atom. The second-order valence-corrected chi connectivity index (χ2v) is 5.57. The highest BCUT2D eigenvalue weighted by molar-refractivity contribution is 6.16. The summed E-state index contributed by atoms with van der Waals surface area (Å²) in [5.74, 6) is 0.918. The summed E-state index contributed by atoms with van der Waals surface area (Å²) in [6.07, 6.45) is 2.62. The predicted octanol–water partition coefficient (Wildman–Crippen LogP) is 3.40. The molecule has 0 N–H and O–H groups in total. The zero-order valence-electron chi connectivity index (χ0n) is 11.6. The maximum absolute atomic E-state index is 13.3. The Labute approximate surface area is 123 Å². The van der Waals surface area contributed by atoms with Crippen LogP contribution in [0.5, 0.6) is 0 Å². The summed E-state index contributed by atoms with van der Waals surface area (Å²) in [5.41, 5.74) is 1.66. The highest BCUT2D eigenvalue weighted by Crippen LogP contribution is 2.26. The number of aromatic nitrogens is 2. The molecule has 1 heterocycles. The third-order valence-corrected chi connectivity index (χ3v) is 4.23. The van der Waals surface area contributed by atoms with Gasteiger partial charge in [-0.15, -0.1) is 11.6 Å². The first-order chi connectivity index (χ1) is 9.72. The summed E-state index contributed by atoms with van der Waals surface area (Å²) in [4.78, 5) is 6.92. The molecule has 0 radical (unpaired) electrons. The van der Waals surface area contributed by atoms with E-state index in [0.717, 1.165) is 37.0 Å². The Balaban J connectivity index is 1.85. The van der Waals surface area contributed by atoms with Crippen LogP contribution in [0, 0.1) is 5.82 Å². The van der Waals surface area contributed by atoms with E-state index >= 15 is 0 Å². The van der Waals surface area contributed by atoms with E-state index in [-0.39, 0.29) is 5.82 Å². The molecular weight excluding hydrogens is 277 g/mol. The average molecular weight is 296 g/mol. The molecule has 0 aliphatic heterocycles. The van der Waals surface area contributed by atoms with Crippen molar-refractivity contribution in [3.8, 4) is 0 Å². The second kappa shape index (κ2) is 5.70. The molecule has 1 aromatic heterocycles. The van der Waals surface area contributed by atoms with Crippen LogP contribution >= 0.6 is 11.6 Å². The van der Waals surface area contributed by atoms with E-state index in [4.69, 9.17) is 11.6 Å². The van der Waals surface area contributed by atoms with Crippen LogP contribution in [-0.2, 0) is 12.4 Å². The molecule has 0 amide bonds. The summed E-state index contributed by atoms with van der Waals surface area (Å²) in [6.45, 7) is 5.12. The molecule has 0 atom stereocenters. The Kier molecular flexibility index (Phi) is 3.94. The van der Waals surface area contributed by atoms with E-state index in [1.165, 1.54) is 25.0 Å². The van der Waals surface area contributed by atoms with Gasteiger partial charge in [0.05, 0.1) is 16.9 Å². The van der Waals surface area contributed by atoms with Crippen molar-refractivity contribution in [1.82, 2.24) is 14.5 Å². The molecule has 20 heavy (non-hydrogen) atoms. The summed E-state index contributed by atoms with van der Waals surface area (Å²) in [6, 6.07) is 5.50. The molecule has 3 nitrogen and oxygen atoms in total. The lowest BCUT2D eigenvalue weighted by Gasteiger charge is -2.20. The lowest BCUT2D eigenvalue weighted by Crippen LogP contribution is -2.29. The topological polar surface area (TPSA) is 21.1 Å². The van der Waals surface area contributed by atoms with Crippen molar-refractivity contribution in [2.24, 2.45) is 0 Å². The zero-order chi connectivity index (χ0) is 14.1. The normalized spacial score (nSPS) is 15.4. The first-order valence-corrected chi connectivity index (χ1v) is 7.71. The average Bonchev–Trinajstić information content (AvgIpc) is 3.22. The lowest BCUT2D eigenvalue weighted by molar-refractivity contribution is 0.266. The highest BCUT2D eigenvalue weighted by atomic mass is 35.5. The Morgan fingerprint density at radius 2 is 2.25 bits per heavy atom. The lowest BCUT2D eigenvalue weighted by atomic mass is 10.3. The summed E-state index contributed by atoms with van der Waals surface area (Å²) >= 11 is 5.98. The van der Waals surface area contributed by atoms with Gasteiger partial charge in [0.2, 0.25) is 0 Å². The van der Waals surface area contributed by atoms with E-state index in [1.807, 2.05) is 0 Å². The number of fused-ring (bicyclic) bond motifs is 1. The number of likely N-dealkylation sites (N-methyl/N-ethyl adjacent to an activating group) is 1. The molecule has 0 bridgehead atoms. The number of imidazole rings is 1. The smallest absolute Gasteiger partial charge is 0.125 e. The fourth-order valence-corrected chi connectivity index (χ4v) is 2.98. The number of rotatable bonds is 6. The van der Waals surface area contributed by atoms with Crippen molar-refractivity contribution in [3.05, 3.63) is 29.8 Å². The molecule has 0 spiro atoms. The molecule has 1 aromatic carbocycles. The molecule has 1 aliphatic carbocycles. The Morgan fingerprint density at radius 1 is 1.45 bits per heavy atom. The summed E-state index contributed by atoms with van der Waals surface area (Å²) in [7, 11) is 0. The number of alkyl halides is 1. The minimum atomic E-state index is -0.253. The Bertz CT molecular complexity index is 606. The van der Waals surface area contributed by atoms with Crippen molar-refractivity contribution in [1.29, 1.82) is 0 Å². The van der Waals surface area contributed by atoms with E-state index in [2.05, 4.69) is 21.4 Å². The summed E-state index contributed by atoms with van der Waals surface area (Å²) in [5, 5.41) is 0. The minimum absolute atomic E-state index is 0.253. The van der Waals surface area contributed by atoms with Crippen LogP contribution in [0.1, 0.15) is 25.6 Å². The number of benzene rings is 1. The first kappa shape index (κ1) is 13.8. The third kappa shape index (κ3) is 2.67. The quantitative estimate of drug-likeness (QED) is 0.762. The monoisotopic (exact) mass is 295 g/mol. The van der Waals surface area contributed by atoms with Crippen LogP contribution in [0.4, 0.5) is 4.39 Å². The van der Waals surface area contributed by atoms with Crippen molar-refractivity contribution < 1.29 is 4.39 Å². The number of halogens is 2. The van der Waals surface area contributed by atoms with E-state index in [1.54, 1.807) is 6.07 Å². The van der Waals surface area contributed by atoms with Crippen LogP contribution in [-0.4, -0.2) is 33.6 Å². The van der Waals surface area contributed by atoms with Gasteiger partial charge in [-0.05, 0) is 31.5 Å². The molecule has 108 valence electrons. The fraction of sp³-hybridized carbons (Fsp3) is 0.533. The van der Waals surface area contributed by atoms with Crippen molar-refractivity contribution in [2.75, 3.05) is 13.1 Å². The molecule has 3 rings (SSSR count). The van der Waals surface area contributed by atoms with Crippen LogP contribution in [0.2, 0.25) is 0 Å². The number of hydrogen-bond donors (Lipinski definition) is 0. The van der Waals surface area contributed by atoms with Gasteiger partial charge in [-0.2, -0.15) is 0 Å². The largest absolute Gasteiger partial charge is 0.326 e. The standard InChI is InChI=1S/C15H19ClFN3/c1-2-19(12-4-5-12)7-8-20-14-6-3-11(17)9-13(14)18-15(20)10-16/h3,6,9,12H,2,4-5,7-8,10H2,1H3. The van der Waals surface area contributed by atoms with Crippen LogP contribution in [0.25, 0.3) is 11.0 Å². The SMILES string of the molecule is CCN(CCn1c(CCl)nc2cc(F)ccc21)C1CC1. The van der Waals surface area contributed by atoms with Gasteiger partial charge < -0.3 is 4.57 Å². The van der Waals surface area contributed by atoms with E-state index in [9.17, 15) is 4.39 Å². The molecule has 0 unspecified atom stereocenters. The maximum atomic E-state index is 13.3. The van der Waals surface area contributed by atoms with Gasteiger partial charge in [0, 0.05) is 25.2 Å². The van der Waals surface area contributed by atoms with Gasteiger partial charge in [0.15, 0.2) is 0 Å². The van der Waals surface area contributed by atoms with Gasteiger partial charge in [-0.3, -0.25) is 4.90 Å². The molecule has 1 saturated carbocycles. The van der Waals surface area contributed by atoms with Gasteiger partial charge in [0.25, 0.3) is 0 Å². The molecular formula is C15H19ClFN3. The van der Waals surface area contributed by atoms with Crippen LogP contribution < -0.4 is 0 Å². The van der Waals surface area contributed by atoms with Gasteiger partial charge in [-0.25, -0.2) is 9.37 Å². The summed E-state index contributed by atoms with van der Waals surface area (Å²) < 4.78 is 15.4. The zero-order valence-corrected chi connectivity index (χ0v) is 12.4. The fourth-order valence-electron chi connectivity index (χ4n) is 2.77. The molecule has 1 fully saturated rings. The van der Waals surface area contributed by atoms with Crippen molar-refractivity contribution in [2.45, 2.75) is 38.2 Å². The van der Waals surface area contributed by atoms with E-state index < -0.39 is 0 Å². The van der Waals surface area contributed by atoms with Gasteiger partial charge >= 0.3 is 0 Å². The van der Waals surface area contributed by atoms with Crippen LogP contribution in [0.3, 0.4) is 0 Å². The molecule has 2 aromatic rings. The predicted molar refractivity (Wildman–Crippen MR) is 79.5 cm³/mol. The van der Waals surface area contributed by atoms with Crippen LogP contribution in [0.15, 0.2) is 18.2 Å².